The van der Waals surface area contributed by atoms with Gasteiger partial charge < -0.3 is 10.0 Å². The first-order valence-electron chi connectivity index (χ1n) is 9.88. The predicted octanol–water partition coefficient (Wildman–Crippen LogP) is 3.85. The number of likely N-dealkylation sites (N-methyl/N-ethyl adjacent to an activating group) is 1. The van der Waals surface area contributed by atoms with Gasteiger partial charge in [-0.3, -0.25) is 4.90 Å². The summed E-state index contributed by atoms with van der Waals surface area (Å²) in [6.45, 7) is 3.59. The van der Waals surface area contributed by atoms with Crippen molar-refractivity contribution >= 4 is 5.97 Å². The van der Waals surface area contributed by atoms with E-state index in [-0.39, 0.29) is 17.8 Å². The van der Waals surface area contributed by atoms with Gasteiger partial charge in [0.2, 0.25) is 0 Å². The molecule has 1 aliphatic carbocycles. The van der Waals surface area contributed by atoms with Crippen molar-refractivity contribution in [1.82, 2.24) is 9.80 Å². The number of hydrogen-bond donors (Lipinski definition) is 1. The molecule has 148 valence electrons. The third kappa shape index (κ3) is 3.23. The Kier molecular flexibility index (Phi) is 4.98. The molecule has 0 radical (unpaired) electrons. The molecule has 2 aromatic rings. The van der Waals surface area contributed by atoms with E-state index in [0.717, 1.165) is 48.2 Å². The zero-order chi connectivity index (χ0) is 20.0. The Bertz CT molecular complexity index is 911. The van der Waals surface area contributed by atoms with Crippen LogP contribution in [0.2, 0.25) is 0 Å². The smallest absolute Gasteiger partial charge is 0.335 e. The average molecular weight is 382 g/mol. The minimum absolute atomic E-state index is 0.0912. The fraction of sp³-hybridized carbons (Fsp3) is 0.435. The minimum Gasteiger partial charge on any atom is -0.478 e. The Morgan fingerprint density at radius 2 is 2.00 bits per heavy atom. The number of carboxylic acid groups (broad SMARTS) is 1. The first-order chi connectivity index (χ1) is 13.4. The van der Waals surface area contributed by atoms with Gasteiger partial charge in [0.15, 0.2) is 0 Å². The second kappa shape index (κ2) is 7.30. The number of benzene rings is 2. The lowest BCUT2D eigenvalue weighted by atomic mass is 9.91. The standard InChI is InChI=1S/C23H27FN2O2/c1-14-11-16(7-9-17(14)23(27)28)18-12-26(13-21(18)25(2)3)20-10-8-15-5-4-6-19(24)22(15)20/h4-7,9,11,18,20-21H,8,10,12-13H2,1-3H3,(H,27,28)/t18-,20?,21+/m1/s1. The molecule has 1 N–H and O–H groups in total. The maximum Gasteiger partial charge on any atom is 0.335 e. The van der Waals surface area contributed by atoms with Crippen molar-refractivity contribution in [1.29, 1.82) is 0 Å². The lowest BCUT2D eigenvalue weighted by Crippen LogP contribution is -2.35. The van der Waals surface area contributed by atoms with Crippen molar-refractivity contribution in [3.05, 3.63) is 70.0 Å². The summed E-state index contributed by atoms with van der Waals surface area (Å²) in [6.07, 6.45) is 1.89. The molecular formula is C23H27FN2O2. The summed E-state index contributed by atoms with van der Waals surface area (Å²) < 4.78 is 14.6. The summed E-state index contributed by atoms with van der Waals surface area (Å²) in [7, 11) is 4.17. The zero-order valence-electron chi connectivity index (χ0n) is 16.7. The average Bonchev–Trinajstić information content (AvgIpc) is 3.26. The fourth-order valence-electron chi connectivity index (χ4n) is 5.05. The number of carboxylic acids is 1. The van der Waals surface area contributed by atoms with Crippen LogP contribution in [0.5, 0.6) is 0 Å². The molecule has 2 aromatic carbocycles. The number of nitrogens with zero attached hydrogens (tertiary/aromatic N) is 2. The number of carbonyl (C=O) groups is 1. The normalized spacial score (nSPS) is 24.7. The number of halogens is 1. The van der Waals surface area contributed by atoms with Crippen molar-refractivity contribution in [2.75, 3.05) is 27.2 Å². The summed E-state index contributed by atoms with van der Waals surface area (Å²) in [5, 5.41) is 9.31. The van der Waals surface area contributed by atoms with Crippen molar-refractivity contribution in [3.8, 4) is 0 Å². The molecule has 1 heterocycles. The van der Waals surface area contributed by atoms with Crippen LogP contribution in [-0.2, 0) is 6.42 Å². The fourth-order valence-corrected chi connectivity index (χ4v) is 5.05. The lowest BCUT2D eigenvalue weighted by Gasteiger charge is -2.26. The molecule has 5 heteroatoms. The van der Waals surface area contributed by atoms with E-state index in [1.165, 1.54) is 0 Å². The maximum absolute atomic E-state index is 14.6. The summed E-state index contributed by atoms with van der Waals surface area (Å²) in [6, 6.07) is 11.5. The van der Waals surface area contributed by atoms with E-state index in [0.29, 0.717) is 11.6 Å². The molecular weight excluding hydrogens is 355 g/mol. The van der Waals surface area contributed by atoms with Gasteiger partial charge in [0.1, 0.15) is 5.82 Å². The first kappa shape index (κ1) is 19.1. The number of aromatic carboxylic acids is 1. The van der Waals surface area contributed by atoms with Crippen LogP contribution < -0.4 is 0 Å². The highest BCUT2D eigenvalue weighted by Crippen LogP contribution is 2.42. The molecule has 4 rings (SSSR count). The molecule has 1 saturated heterocycles. The number of aryl methyl sites for hydroxylation is 2. The summed E-state index contributed by atoms with van der Waals surface area (Å²) >= 11 is 0. The van der Waals surface area contributed by atoms with Crippen LogP contribution >= 0.6 is 0 Å². The molecule has 1 fully saturated rings. The number of rotatable bonds is 4. The molecule has 1 unspecified atom stereocenters. The third-order valence-corrected chi connectivity index (χ3v) is 6.49. The van der Waals surface area contributed by atoms with Gasteiger partial charge in [-0.2, -0.15) is 0 Å². The summed E-state index contributed by atoms with van der Waals surface area (Å²) in [4.78, 5) is 16.0. The van der Waals surface area contributed by atoms with Gasteiger partial charge >= 0.3 is 5.97 Å². The van der Waals surface area contributed by atoms with E-state index in [4.69, 9.17) is 0 Å². The van der Waals surface area contributed by atoms with E-state index in [9.17, 15) is 14.3 Å². The van der Waals surface area contributed by atoms with Gasteiger partial charge in [-0.15, -0.1) is 0 Å². The van der Waals surface area contributed by atoms with Crippen LogP contribution in [-0.4, -0.2) is 54.1 Å². The third-order valence-electron chi connectivity index (χ3n) is 6.49. The summed E-state index contributed by atoms with van der Waals surface area (Å²) in [5.41, 5.74) is 4.31. The minimum atomic E-state index is -0.890. The number of fused-ring (bicyclic) bond motifs is 1. The van der Waals surface area contributed by atoms with Gasteiger partial charge in [-0.05, 0) is 62.7 Å². The van der Waals surface area contributed by atoms with E-state index in [1.54, 1.807) is 18.2 Å². The van der Waals surface area contributed by atoms with Crippen LogP contribution in [0.4, 0.5) is 4.39 Å². The highest BCUT2D eigenvalue weighted by molar-refractivity contribution is 5.89. The number of likely N-dealkylation sites (tertiary alicyclic amines) is 1. The molecule has 0 aromatic heterocycles. The van der Waals surface area contributed by atoms with Crippen LogP contribution in [0, 0.1) is 12.7 Å². The van der Waals surface area contributed by atoms with Gasteiger partial charge in [0.05, 0.1) is 5.56 Å². The van der Waals surface area contributed by atoms with Crippen LogP contribution in [0.15, 0.2) is 36.4 Å². The zero-order valence-corrected chi connectivity index (χ0v) is 16.7. The van der Waals surface area contributed by atoms with E-state index in [1.807, 2.05) is 25.1 Å². The monoisotopic (exact) mass is 382 g/mol. The topological polar surface area (TPSA) is 43.8 Å². The maximum atomic E-state index is 14.6. The van der Waals surface area contributed by atoms with E-state index in [2.05, 4.69) is 23.9 Å². The largest absolute Gasteiger partial charge is 0.478 e. The SMILES string of the molecule is Cc1cc([C@H]2CN(C3CCc4cccc(F)c43)C[C@@H]2N(C)C)ccc1C(=O)O. The molecule has 0 spiro atoms. The van der Waals surface area contributed by atoms with Crippen molar-refractivity contribution < 1.29 is 14.3 Å². The Morgan fingerprint density at radius 3 is 2.68 bits per heavy atom. The summed E-state index contributed by atoms with van der Waals surface area (Å²) in [5.74, 6) is -0.710. The van der Waals surface area contributed by atoms with Gasteiger partial charge in [-0.25, -0.2) is 9.18 Å². The quantitative estimate of drug-likeness (QED) is 0.872. The first-order valence-corrected chi connectivity index (χ1v) is 9.88. The van der Waals surface area contributed by atoms with Gasteiger partial charge in [0.25, 0.3) is 0 Å². The molecule has 4 nitrogen and oxygen atoms in total. The Labute approximate surface area is 165 Å². The van der Waals surface area contributed by atoms with E-state index >= 15 is 0 Å². The molecule has 28 heavy (non-hydrogen) atoms. The van der Waals surface area contributed by atoms with Crippen molar-refractivity contribution in [2.24, 2.45) is 0 Å². The highest BCUT2D eigenvalue weighted by Gasteiger charge is 2.41. The van der Waals surface area contributed by atoms with Crippen LogP contribution in [0.25, 0.3) is 0 Å². The Balaban J connectivity index is 1.64. The molecule has 1 aliphatic heterocycles. The Morgan fingerprint density at radius 1 is 1.21 bits per heavy atom. The van der Waals surface area contributed by atoms with Crippen LogP contribution in [0.1, 0.15) is 51.0 Å². The van der Waals surface area contributed by atoms with Crippen LogP contribution in [0.3, 0.4) is 0 Å². The highest BCUT2D eigenvalue weighted by atomic mass is 19.1. The molecule has 2 aliphatic rings. The Hall–Kier alpha value is -2.24. The molecule has 0 bridgehead atoms. The molecule has 3 atom stereocenters. The predicted molar refractivity (Wildman–Crippen MR) is 107 cm³/mol. The van der Waals surface area contributed by atoms with Crippen molar-refractivity contribution in [2.45, 2.75) is 37.8 Å². The second-order valence-corrected chi connectivity index (χ2v) is 8.34. The van der Waals surface area contributed by atoms with Gasteiger partial charge in [0, 0.05) is 36.7 Å². The van der Waals surface area contributed by atoms with Gasteiger partial charge in [-0.1, -0.05) is 24.3 Å². The lowest BCUT2D eigenvalue weighted by molar-refractivity contribution is 0.0696. The molecule has 0 saturated carbocycles. The second-order valence-electron chi connectivity index (χ2n) is 8.34. The van der Waals surface area contributed by atoms with Crippen molar-refractivity contribution in [3.63, 3.8) is 0 Å². The van der Waals surface area contributed by atoms with E-state index < -0.39 is 5.97 Å². The number of hydrogen-bond acceptors (Lipinski definition) is 3. The molecule has 0 amide bonds.